The van der Waals surface area contributed by atoms with E-state index in [1.165, 1.54) is 0 Å². The highest BCUT2D eigenvalue weighted by atomic mass is 32.1. The average molecular weight is 339 g/mol. The highest BCUT2D eigenvalue weighted by Gasteiger charge is 2.15. The van der Waals surface area contributed by atoms with Gasteiger partial charge in [-0.2, -0.15) is 0 Å². The van der Waals surface area contributed by atoms with Gasteiger partial charge in [0.05, 0.1) is 5.01 Å². The van der Waals surface area contributed by atoms with Crippen molar-refractivity contribution in [3.05, 3.63) is 52.9 Å². The van der Waals surface area contributed by atoms with Crippen LogP contribution < -0.4 is 4.90 Å². The van der Waals surface area contributed by atoms with Gasteiger partial charge in [-0.3, -0.25) is 4.98 Å². The minimum Gasteiger partial charge on any atom is -0.354 e. The zero-order chi connectivity index (χ0) is 16.9. The summed E-state index contributed by atoms with van der Waals surface area (Å²) in [5.41, 5.74) is 1.89. The minimum atomic E-state index is 0.348. The molecule has 24 heavy (non-hydrogen) atoms. The van der Waals surface area contributed by atoms with E-state index in [1.807, 2.05) is 36.7 Å². The Morgan fingerprint density at radius 3 is 2.75 bits per heavy atom. The molecule has 124 valence electrons. The summed E-state index contributed by atoms with van der Waals surface area (Å²) in [4.78, 5) is 20.2. The third-order valence-electron chi connectivity index (χ3n) is 3.73. The van der Waals surface area contributed by atoms with Gasteiger partial charge in [0, 0.05) is 60.3 Å². The van der Waals surface area contributed by atoms with Crippen LogP contribution in [0.2, 0.25) is 0 Å². The van der Waals surface area contributed by atoms with Crippen LogP contribution >= 0.6 is 11.3 Å². The van der Waals surface area contributed by atoms with Crippen LogP contribution in [0.4, 0.5) is 5.82 Å². The Kier molecular flexibility index (Phi) is 5.15. The van der Waals surface area contributed by atoms with Gasteiger partial charge in [-0.05, 0) is 32.9 Å². The minimum absolute atomic E-state index is 0.348. The Morgan fingerprint density at radius 1 is 1.21 bits per heavy atom. The predicted molar refractivity (Wildman–Crippen MR) is 98.3 cm³/mol. The molecule has 0 radical (unpaired) electrons. The second kappa shape index (κ2) is 7.49. The smallest absolute Gasteiger partial charge is 0.163 e. The summed E-state index contributed by atoms with van der Waals surface area (Å²) in [6.07, 6.45) is 6.33. The molecule has 0 unspecified atom stereocenters. The molecule has 0 aliphatic carbocycles. The second-order valence-electron chi connectivity index (χ2n) is 5.90. The first-order valence-electron chi connectivity index (χ1n) is 8.04. The van der Waals surface area contributed by atoms with Gasteiger partial charge in [0.25, 0.3) is 0 Å². The van der Waals surface area contributed by atoms with E-state index in [0.29, 0.717) is 6.04 Å². The van der Waals surface area contributed by atoms with Gasteiger partial charge in [0.2, 0.25) is 0 Å². The molecule has 5 nitrogen and oxygen atoms in total. The molecule has 3 aromatic rings. The molecule has 6 heteroatoms. The number of hydrogen-bond donors (Lipinski definition) is 0. The summed E-state index contributed by atoms with van der Waals surface area (Å²) in [6.45, 7) is 7.25. The van der Waals surface area contributed by atoms with Crippen molar-refractivity contribution >= 4 is 17.2 Å². The number of hydrogen-bond acceptors (Lipinski definition) is 6. The number of thiazole rings is 1. The van der Waals surface area contributed by atoms with E-state index < -0.39 is 0 Å². The van der Waals surface area contributed by atoms with Crippen molar-refractivity contribution < 1.29 is 0 Å². The number of aromatic nitrogens is 4. The van der Waals surface area contributed by atoms with Gasteiger partial charge in [0.1, 0.15) is 5.82 Å². The Bertz CT molecular complexity index is 771. The molecule has 3 aromatic heterocycles. The van der Waals surface area contributed by atoms with E-state index in [2.05, 4.69) is 33.7 Å². The second-order valence-corrected chi connectivity index (χ2v) is 6.87. The first-order chi connectivity index (χ1) is 11.6. The van der Waals surface area contributed by atoms with Gasteiger partial charge in [-0.15, -0.1) is 11.3 Å². The normalized spacial score (nSPS) is 11.0. The quantitative estimate of drug-likeness (QED) is 0.684. The molecule has 0 aromatic carbocycles. The van der Waals surface area contributed by atoms with Gasteiger partial charge < -0.3 is 4.90 Å². The Morgan fingerprint density at radius 2 is 2.08 bits per heavy atom. The Labute approximate surface area is 146 Å². The summed E-state index contributed by atoms with van der Waals surface area (Å²) in [5, 5.41) is 3.17. The fraction of sp³-hybridized carbons (Fsp3) is 0.333. The first-order valence-corrected chi connectivity index (χ1v) is 8.92. The van der Waals surface area contributed by atoms with Crippen molar-refractivity contribution in [2.45, 2.75) is 33.2 Å². The van der Waals surface area contributed by atoms with E-state index in [1.54, 1.807) is 23.7 Å². The summed E-state index contributed by atoms with van der Waals surface area (Å²) in [5.74, 6) is 1.67. The Balaban J connectivity index is 1.88. The number of pyridine rings is 1. The summed E-state index contributed by atoms with van der Waals surface area (Å²) in [7, 11) is 0. The number of aryl methyl sites for hydroxylation is 1. The van der Waals surface area contributed by atoms with Crippen molar-refractivity contribution in [1.29, 1.82) is 0 Å². The molecule has 0 amide bonds. The zero-order valence-electron chi connectivity index (χ0n) is 14.2. The molecule has 0 fully saturated rings. The molecule has 0 atom stereocenters. The van der Waals surface area contributed by atoms with Crippen molar-refractivity contribution in [2.75, 3.05) is 11.4 Å². The van der Waals surface area contributed by atoms with Crippen LogP contribution in [0.15, 0.2) is 42.2 Å². The maximum absolute atomic E-state index is 4.78. The Hall–Kier alpha value is -2.34. The van der Waals surface area contributed by atoms with Crippen molar-refractivity contribution in [1.82, 2.24) is 19.9 Å². The molecule has 0 N–H and O–H groups in total. The van der Waals surface area contributed by atoms with Gasteiger partial charge in [0.15, 0.2) is 5.82 Å². The lowest BCUT2D eigenvalue weighted by molar-refractivity contribution is 0.667. The molecule has 3 rings (SSSR count). The topological polar surface area (TPSA) is 54.8 Å². The monoisotopic (exact) mass is 339 g/mol. The summed E-state index contributed by atoms with van der Waals surface area (Å²) >= 11 is 1.70. The molecule has 0 saturated carbocycles. The largest absolute Gasteiger partial charge is 0.354 e. The van der Waals surface area contributed by atoms with E-state index in [9.17, 15) is 0 Å². The highest BCUT2D eigenvalue weighted by molar-refractivity contribution is 7.09. The molecule has 0 saturated heterocycles. The number of nitrogens with zero attached hydrogens (tertiary/aromatic N) is 5. The van der Waals surface area contributed by atoms with E-state index >= 15 is 0 Å². The van der Waals surface area contributed by atoms with Crippen LogP contribution in [0.5, 0.6) is 0 Å². The zero-order valence-corrected chi connectivity index (χ0v) is 15.0. The number of rotatable bonds is 6. The third-order valence-corrected chi connectivity index (χ3v) is 4.57. The van der Waals surface area contributed by atoms with Gasteiger partial charge >= 0.3 is 0 Å². The third kappa shape index (κ3) is 3.94. The highest BCUT2D eigenvalue weighted by Crippen LogP contribution is 2.21. The van der Waals surface area contributed by atoms with Crippen LogP contribution in [-0.2, 0) is 6.42 Å². The van der Waals surface area contributed by atoms with Crippen LogP contribution in [0.3, 0.4) is 0 Å². The molecule has 0 bridgehead atoms. The van der Waals surface area contributed by atoms with Crippen molar-refractivity contribution in [2.24, 2.45) is 0 Å². The van der Waals surface area contributed by atoms with Crippen LogP contribution in [0, 0.1) is 6.92 Å². The molecule has 0 spiro atoms. The number of anilines is 1. The van der Waals surface area contributed by atoms with Crippen molar-refractivity contribution in [3.8, 4) is 11.4 Å². The molecule has 3 heterocycles. The summed E-state index contributed by atoms with van der Waals surface area (Å²) < 4.78 is 0. The molecular formula is C18H21N5S. The molecule has 0 aliphatic rings. The molecule has 0 aliphatic heterocycles. The van der Waals surface area contributed by atoms with Crippen LogP contribution in [0.25, 0.3) is 11.4 Å². The predicted octanol–water partition coefficient (Wildman–Crippen LogP) is 3.76. The average Bonchev–Trinajstić information content (AvgIpc) is 3.08. The van der Waals surface area contributed by atoms with E-state index in [4.69, 9.17) is 4.98 Å². The lowest BCUT2D eigenvalue weighted by atomic mass is 10.2. The molecular weight excluding hydrogens is 318 g/mol. The summed E-state index contributed by atoms with van der Waals surface area (Å²) in [6, 6.07) is 6.28. The van der Waals surface area contributed by atoms with Crippen LogP contribution in [0.1, 0.15) is 24.5 Å². The fourth-order valence-electron chi connectivity index (χ4n) is 2.55. The lowest BCUT2D eigenvalue weighted by Crippen LogP contribution is -2.33. The van der Waals surface area contributed by atoms with Gasteiger partial charge in [-0.25, -0.2) is 15.0 Å². The van der Waals surface area contributed by atoms with Crippen molar-refractivity contribution in [3.63, 3.8) is 0 Å². The van der Waals surface area contributed by atoms with Crippen LogP contribution in [-0.4, -0.2) is 32.5 Å². The van der Waals surface area contributed by atoms with Gasteiger partial charge in [-0.1, -0.05) is 0 Å². The lowest BCUT2D eigenvalue weighted by Gasteiger charge is -2.28. The first kappa shape index (κ1) is 16.5. The maximum atomic E-state index is 4.78. The van der Waals surface area contributed by atoms with E-state index in [0.717, 1.165) is 40.9 Å². The fourth-order valence-corrected chi connectivity index (χ4v) is 3.16. The van der Waals surface area contributed by atoms with E-state index in [-0.39, 0.29) is 0 Å². The maximum Gasteiger partial charge on any atom is 0.163 e. The SMILES string of the molecule is Cc1cc(N(CCc2nccs2)C(C)C)nc(-c2cccnc2)n1. The standard InChI is InChI=1S/C18H21N5S/c1-13(2)23(9-6-17-20-8-10-24-17)16-11-14(3)21-18(22-16)15-5-4-7-19-12-15/h4-5,7-8,10-13H,6,9H2,1-3H3.